The number of halogens is 2. The summed E-state index contributed by atoms with van der Waals surface area (Å²) in [5.74, 6) is 0.421. The number of benzene rings is 1. The Morgan fingerprint density at radius 1 is 1.25 bits per heavy atom. The van der Waals surface area contributed by atoms with Gasteiger partial charge in [-0.25, -0.2) is 13.9 Å². The molecule has 5 rings (SSSR count). The molecule has 1 aliphatic rings. The van der Waals surface area contributed by atoms with Crippen LogP contribution in [0.15, 0.2) is 47.5 Å². The lowest BCUT2D eigenvalue weighted by Gasteiger charge is -2.27. The predicted octanol–water partition coefficient (Wildman–Crippen LogP) is 2.86. The summed E-state index contributed by atoms with van der Waals surface area (Å²) >= 11 is 6.24. The second kappa shape index (κ2) is 7.62. The van der Waals surface area contributed by atoms with Crippen molar-refractivity contribution in [1.29, 1.82) is 5.26 Å². The molecule has 0 radical (unpaired) electrons. The molecule has 0 amide bonds. The van der Waals surface area contributed by atoms with Crippen molar-refractivity contribution in [1.82, 2.24) is 24.1 Å². The van der Waals surface area contributed by atoms with Gasteiger partial charge >= 0.3 is 0 Å². The number of hydrogen-bond donors (Lipinski definition) is 1. The first-order valence-electron chi connectivity index (χ1n) is 9.83. The van der Waals surface area contributed by atoms with E-state index in [1.807, 2.05) is 4.90 Å². The van der Waals surface area contributed by atoms with Gasteiger partial charge < -0.3 is 10.6 Å². The van der Waals surface area contributed by atoms with E-state index < -0.39 is 5.82 Å². The predicted molar refractivity (Wildman–Crippen MR) is 116 cm³/mol. The van der Waals surface area contributed by atoms with Crippen molar-refractivity contribution in [3.8, 4) is 11.8 Å². The van der Waals surface area contributed by atoms with Crippen LogP contribution in [0, 0.1) is 17.1 Å². The van der Waals surface area contributed by atoms with Gasteiger partial charge in [0.25, 0.3) is 5.56 Å². The Balaban J connectivity index is 1.76. The Labute approximate surface area is 186 Å². The van der Waals surface area contributed by atoms with Crippen LogP contribution in [0.4, 0.5) is 16.2 Å². The van der Waals surface area contributed by atoms with Gasteiger partial charge in [0.2, 0.25) is 5.95 Å². The van der Waals surface area contributed by atoms with Gasteiger partial charge in [0, 0.05) is 12.7 Å². The standard InChI is InChI=1S/C21H16ClFN8O/c22-15-7-9-30-17(15)20(32)31(14-5-3-13(23)4-6-14)19(28-30)16-2-1-8-29(16)18-12(10-24)11-26-21(25)27-18/h3-7,9,11,16H,1-2,8H2,(H2,25,26,27)/t16-/m0/s1. The van der Waals surface area contributed by atoms with E-state index in [0.29, 0.717) is 30.3 Å². The number of fused-ring (bicyclic) bond motifs is 1. The fraction of sp³-hybridized carbons (Fsp3) is 0.190. The molecule has 2 N–H and O–H groups in total. The molecule has 1 saturated heterocycles. The molecule has 3 aromatic heterocycles. The highest BCUT2D eigenvalue weighted by Crippen LogP contribution is 2.36. The minimum absolute atomic E-state index is 0.0428. The minimum Gasteiger partial charge on any atom is -0.368 e. The number of aromatic nitrogens is 5. The van der Waals surface area contributed by atoms with Gasteiger partial charge in [0.15, 0.2) is 11.6 Å². The summed E-state index contributed by atoms with van der Waals surface area (Å²) in [4.78, 5) is 23.6. The Kier molecular flexibility index (Phi) is 4.75. The maximum absolute atomic E-state index is 13.6. The van der Waals surface area contributed by atoms with Gasteiger partial charge in [0.1, 0.15) is 23.0 Å². The zero-order valence-corrected chi connectivity index (χ0v) is 17.4. The Morgan fingerprint density at radius 3 is 2.78 bits per heavy atom. The van der Waals surface area contributed by atoms with Crippen LogP contribution in [0.2, 0.25) is 5.02 Å². The number of nitrogens with zero attached hydrogens (tertiary/aromatic N) is 7. The van der Waals surface area contributed by atoms with Crippen molar-refractivity contribution < 1.29 is 4.39 Å². The summed E-state index contributed by atoms with van der Waals surface area (Å²) in [7, 11) is 0. The Hall–Kier alpha value is -3.97. The van der Waals surface area contributed by atoms with Crippen molar-refractivity contribution in [2.45, 2.75) is 18.9 Å². The highest BCUT2D eigenvalue weighted by Gasteiger charge is 2.34. The van der Waals surface area contributed by atoms with E-state index in [1.165, 1.54) is 39.5 Å². The molecule has 1 aromatic carbocycles. The fourth-order valence-corrected chi connectivity index (χ4v) is 4.30. The molecule has 1 fully saturated rings. The average Bonchev–Trinajstić information content (AvgIpc) is 3.41. The average molecular weight is 451 g/mol. The number of anilines is 2. The van der Waals surface area contributed by atoms with Crippen molar-refractivity contribution in [2.75, 3.05) is 17.2 Å². The zero-order chi connectivity index (χ0) is 22.4. The lowest BCUT2D eigenvalue weighted by atomic mass is 10.1. The van der Waals surface area contributed by atoms with Crippen LogP contribution in [-0.4, -0.2) is 30.7 Å². The lowest BCUT2D eigenvalue weighted by molar-refractivity contribution is 0.598. The third-order valence-electron chi connectivity index (χ3n) is 5.48. The van der Waals surface area contributed by atoms with Crippen LogP contribution in [0.3, 0.4) is 0 Å². The summed E-state index contributed by atoms with van der Waals surface area (Å²) in [6.45, 7) is 0.583. The van der Waals surface area contributed by atoms with Crippen LogP contribution < -0.4 is 16.2 Å². The van der Waals surface area contributed by atoms with E-state index in [2.05, 4.69) is 16.0 Å². The summed E-state index contributed by atoms with van der Waals surface area (Å²) in [5.41, 5.74) is 6.34. The van der Waals surface area contributed by atoms with Crippen molar-refractivity contribution >= 4 is 28.9 Å². The molecule has 9 nitrogen and oxygen atoms in total. The maximum Gasteiger partial charge on any atom is 0.284 e. The molecule has 1 aliphatic heterocycles. The molecule has 0 aliphatic carbocycles. The quantitative estimate of drug-likeness (QED) is 0.509. The van der Waals surface area contributed by atoms with Gasteiger partial charge in [-0.1, -0.05) is 11.6 Å². The number of hydrogen-bond acceptors (Lipinski definition) is 7. The monoisotopic (exact) mass is 450 g/mol. The van der Waals surface area contributed by atoms with Crippen molar-refractivity contribution in [2.24, 2.45) is 0 Å². The zero-order valence-electron chi connectivity index (χ0n) is 16.6. The van der Waals surface area contributed by atoms with E-state index in [1.54, 1.807) is 12.3 Å². The third-order valence-corrected chi connectivity index (χ3v) is 5.78. The molecule has 32 heavy (non-hydrogen) atoms. The van der Waals surface area contributed by atoms with Crippen LogP contribution in [0.25, 0.3) is 11.2 Å². The van der Waals surface area contributed by atoms with Crippen LogP contribution in [-0.2, 0) is 0 Å². The number of nitrogens with two attached hydrogens (primary N) is 1. The molecule has 1 atom stereocenters. The summed E-state index contributed by atoms with van der Waals surface area (Å²) < 4.78 is 16.5. The van der Waals surface area contributed by atoms with Crippen LogP contribution in [0.1, 0.15) is 30.3 Å². The largest absolute Gasteiger partial charge is 0.368 e. The first-order chi connectivity index (χ1) is 15.5. The molecule has 0 bridgehead atoms. The fourth-order valence-electron chi connectivity index (χ4n) is 4.08. The molecule has 0 saturated carbocycles. The molecule has 160 valence electrons. The van der Waals surface area contributed by atoms with Gasteiger partial charge in [-0.2, -0.15) is 15.3 Å². The van der Waals surface area contributed by atoms with Crippen LogP contribution in [0.5, 0.6) is 0 Å². The molecular formula is C21H16ClFN8O. The highest BCUT2D eigenvalue weighted by molar-refractivity contribution is 6.33. The lowest BCUT2D eigenvalue weighted by Crippen LogP contribution is -2.33. The van der Waals surface area contributed by atoms with E-state index in [-0.39, 0.29) is 33.7 Å². The van der Waals surface area contributed by atoms with E-state index in [4.69, 9.17) is 22.4 Å². The maximum atomic E-state index is 13.6. The van der Waals surface area contributed by atoms with Gasteiger partial charge in [0.05, 0.1) is 22.9 Å². The number of rotatable bonds is 3. The number of nitrogen functional groups attached to an aromatic ring is 1. The van der Waals surface area contributed by atoms with E-state index in [0.717, 1.165) is 6.42 Å². The normalized spacial score (nSPS) is 15.9. The molecule has 0 spiro atoms. The van der Waals surface area contributed by atoms with E-state index >= 15 is 0 Å². The molecule has 11 heteroatoms. The SMILES string of the molecule is N#Cc1cnc(N)nc1N1CCC[C@H]1c1nn2ccc(Cl)c2c(=O)n1-c1ccc(F)cc1. The van der Waals surface area contributed by atoms with Gasteiger partial charge in [-0.05, 0) is 43.2 Å². The Morgan fingerprint density at radius 2 is 2.03 bits per heavy atom. The molecule has 4 aromatic rings. The first kappa shape index (κ1) is 20.0. The Bertz CT molecular complexity index is 1440. The molecule has 0 unspecified atom stereocenters. The van der Waals surface area contributed by atoms with Crippen LogP contribution >= 0.6 is 11.6 Å². The smallest absolute Gasteiger partial charge is 0.284 e. The second-order valence-corrected chi connectivity index (χ2v) is 7.77. The summed E-state index contributed by atoms with van der Waals surface area (Å²) in [6.07, 6.45) is 4.43. The highest BCUT2D eigenvalue weighted by atomic mass is 35.5. The third kappa shape index (κ3) is 3.14. The van der Waals surface area contributed by atoms with Crippen molar-refractivity contribution in [3.63, 3.8) is 0 Å². The van der Waals surface area contributed by atoms with Crippen molar-refractivity contribution in [3.05, 3.63) is 75.3 Å². The van der Waals surface area contributed by atoms with Gasteiger partial charge in [-0.15, -0.1) is 0 Å². The molecule has 4 heterocycles. The number of nitriles is 1. The molecular weight excluding hydrogens is 435 g/mol. The summed E-state index contributed by atoms with van der Waals surface area (Å²) in [5, 5.41) is 14.5. The van der Waals surface area contributed by atoms with E-state index in [9.17, 15) is 14.4 Å². The minimum atomic E-state index is -0.421. The topological polar surface area (TPSA) is 118 Å². The second-order valence-electron chi connectivity index (χ2n) is 7.36. The summed E-state index contributed by atoms with van der Waals surface area (Å²) in [6, 6.07) is 8.88. The first-order valence-corrected chi connectivity index (χ1v) is 10.2. The van der Waals surface area contributed by atoms with Gasteiger partial charge in [-0.3, -0.25) is 9.36 Å².